The SMILES string of the molecule is CCO[C@@H](C)C(=O)NC1CCN(S(C)(=O)=O)CC1. The van der Waals surface area contributed by atoms with E-state index >= 15 is 0 Å². The Morgan fingerprint density at radius 2 is 2.00 bits per heavy atom. The number of rotatable bonds is 5. The van der Waals surface area contributed by atoms with Crippen LogP contribution in [0.15, 0.2) is 0 Å². The van der Waals surface area contributed by atoms with Gasteiger partial charge >= 0.3 is 0 Å². The maximum Gasteiger partial charge on any atom is 0.249 e. The molecule has 18 heavy (non-hydrogen) atoms. The van der Waals surface area contributed by atoms with Crippen molar-refractivity contribution in [3.05, 3.63) is 0 Å². The van der Waals surface area contributed by atoms with Crippen molar-refractivity contribution in [2.45, 2.75) is 38.8 Å². The van der Waals surface area contributed by atoms with Gasteiger partial charge in [-0.15, -0.1) is 0 Å². The van der Waals surface area contributed by atoms with Gasteiger partial charge in [0.05, 0.1) is 6.26 Å². The van der Waals surface area contributed by atoms with Crippen LogP contribution in [0.5, 0.6) is 0 Å². The summed E-state index contributed by atoms with van der Waals surface area (Å²) in [6, 6.07) is 0.0402. The van der Waals surface area contributed by atoms with Crippen molar-refractivity contribution >= 4 is 15.9 Å². The fourth-order valence-corrected chi connectivity index (χ4v) is 2.85. The van der Waals surface area contributed by atoms with Crippen molar-refractivity contribution in [1.29, 1.82) is 0 Å². The summed E-state index contributed by atoms with van der Waals surface area (Å²) in [7, 11) is -3.11. The predicted molar refractivity (Wildman–Crippen MR) is 68.7 cm³/mol. The van der Waals surface area contributed by atoms with Crippen LogP contribution in [0.1, 0.15) is 26.7 Å². The van der Waals surface area contributed by atoms with Gasteiger partial charge in [0.25, 0.3) is 0 Å². The van der Waals surface area contributed by atoms with E-state index in [0.717, 1.165) is 0 Å². The number of hydrogen-bond donors (Lipinski definition) is 1. The molecule has 1 aliphatic rings. The highest BCUT2D eigenvalue weighted by atomic mass is 32.2. The third-order valence-corrected chi connectivity index (χ3v) is 4.36. The molecule has 0 radical (unpaired) electrons. The number of piperidine rings is 1. The minimum absolute atomic E-state index is 0.0402. The molecule has 1 aliphatic heterocycles. The Kier molecular flexibility index (Phi) is 5.55. The Morgan fingerprint density at radius 3 is 2.44 bits per heavy atom. The summed E-state index contributed by atoms with van der Waals surface area (Å²) in [6.07, 6.45) is 2.06. The molecule has 0 spiro atoms. The topological polar surface area (TPSA) is 75.7 Å². The van der Waals surface area contributed by atoms with E-state index in [1.54, 1.807) is 6.92 Å². The van der Waals surface area contributed by atoms with Crippen LogP contribution < -0.4 is 5.32 Å². The highest BCUT2D eigenvalue weighted by Crippen LogP contribution is 2.13. The molecule has 1 heterocycles. The Balaban J connectivity index is 2.38. The molecule has 106 valence electrons. The fraction of sp³-hybridized carbons (Fsp3) is 0.909. The molecule has 6 nitrogen and oxygen atoms in total. The molecular weight excluding hydrogens is 256 g/mol. The first-order valence-electron chi connectivity index (χ1n) is 6.21. The molecule has 0 aromatic heterocycles. The molecule has 0 unspecified atom stereocenters. The van der Waals surface area contributed by atoms with Gasteiger partial charge in [-0.25, -0.2) is 12.7 Å². The largest absolute Gasteiger partial charge is 0.369 e. The molecule has 1 atom stereocenters. The monoisotopic (exact) mass is 278 g/mol. The second kappa shape index (κ2) is 6.49. The normalized spacial score (nSPS) is 20.6. The Hall–Kier alpha value is -0.660. The van der Waals surface area contributed by atoms with Gasteiger partial charge in [0.15, 0.2) is 0 Å². The molecule has 1 amide bonds. The van der Waals surface area contributed by atoms with E-state index in [4.69, 9.17) is 4.74 Å². The summed E-state index contributed by atoms with van der Waals surface area (Å²) in [5.41, 5.74) is 0. The van der Waals surface area contributed by atoms with E-state index in [9.17, 15) is 13.2 Å². The van der Waals surface area contributed by atoms with E-state index in [-0.39, 0.29) is 11.9 Å². The average molecular weight is 278 g/mol. The standard InChI is InChI=1S/C11H22N2O4S/c1-4-17-9(2)11(14)12-10-5-7-13(8-6-10)18(3,15)16/h9-10H,4-8H2,1-3H3,(H,12,14)/t9-/m0/s1. The third kappa shape index (κ3) is 4.55. The zero-order valence-corrected chi connectivity index (χ0v) is 12.0. The van der Waals surface area contributed by atoms with Crippen LogP contribution in [0.25, 0.3) is 0 Å². The van der Waals surface area contributed by atoms with Crippen LogP contribution in [0.2, 0.25) is 0 Å². The first-order valence-corrected chi connectivity index (χ1v) is 8.06. The van der Waals surface area contributed by atoms with Crippen molar-refractivity contribution in [2.75, 3.05) is 26.0 Å². The minimum atomic E-state index is -3.11. The number of carbonyl (C=O) groups is 1. The lowest BCUT2D eigenvalue weighted by molar-refractivity contribution is -0.132. The average Bonchev–Trinajstić information content (AvgIpc) is 2.28. The van der Waals surface area contributed by atoms with Gasteiger partial charge < -0.3 is 10.1 Å². The number of sulfonamides is 1. The summed E-state index contributed by atoms with van der Waals surface area (Å²) in [5.74, 6) is -0.130. The van der Waals surface area contributed by atoms with Crippen molar-refractivity contribution < 1.29 is 17.9 Å². The van der Waals surface area contributed by atoms with Gasteiger partial charge in [0.1, 0.15) is 6.10 Å². The summed E-state index contributed by atoms with van der Waals surface area (Å²) in [6.45, 7) is 4.99. The van der Waals surface area contributed by atoms with Gasteiger partial charge in [0.2, 0.25) is 15.9 Å². The summed E-state index contributed by atoms with van der Waals surface area (Å²) in [4.78, 5) is 11.7. The summed E-state index contributed by atoms with van der Waals surface area (Å²) < 4.78 is 29.3. The van der Waals surface area contributed by atoms with E-state index in [0.29, 0.717) is 32.5 Å². The Bertz CT molecular complexity index is 375. The Labute approximate surface area is 109 Å². The number of hydrogen-bond acceptors (Lipinski definition) is 4. The van der Waals surface area contributed by atoms with Gasteiger partial charge in [-0.3, -0.25) is 4.79 Å². The number of nitrogens with one attached hydrogen (secondary N) is 1. The number of amides is 1. The van der Waals surface area contributed by atoms with Crippen LogP contribution in [-0.2, 0) is 19.6 Å². The molecule has 1 rings (SSSR count). The lowest BCUT2D eigenvalue weighted by Gasteiger charge is -2.31. The molecule has 0 aromatic carbocycles. The maximum absolute atomic E-state index is 11.7. The van der Waals surface area contributed by atoms with Gasteiger partial charge in [0, 0.05) is 25.7 Å². The van der Waals surface area contributed by atoms with Crippen molar-refractivity contribution in [2.24, 2.45) is 0 Å². The third-order valence-electron chi connectivity index (χ3n) is 3.06. The van der Waals surface area contributed by atoms with E-state index in [2.05, 4.69) is 5.32 Å². The van der Waals surface area contributed by atoms with E-state index in [1.807, 2.05) is 6.92 Å². The fourth-order valence-electron chi connectivity index (χ4n) is 1.98. The molecule has 0 bridgehead atoms. The molecule has 1 saturated heterocycles. The highest BCUT2D eigenvalue weighted by Gasteiger charge is 2.26. The van der Waals surface area contributed by atoms with Gasteiger partial charge in [-0.05, 0) is 26.7 Å². The first-order chi connectivity index (χ1) is 8.34. The van der Waals surface area contributed by atoms with Crippen LogP contribution >= 0.6 is 0 Å². The molecule has 1 fully saturated rings. The number of ether oxygens (including phenoxy) is 1. The van der Waals surface area contributed by atoms with E-state index < -0.39 is 16.1 Å². The molecule has 0 aromatic rings. The zero-order chi connectivity index (χ0) is 13.8. The Morgan fingerprint density at radius 1 is 1.44 bits per heavy atom. The smallest absolute Gasteiger partial charge is 0.249 e. The second-order valence-electron chi connectivity index (χ2n) is 4.54. The highest BCUT2D eigenvalue weighted by molar-refractivity contribution is 7.88. The molecular formula is C11H22N2O4S. The molecule has 0 aliphatic carbocycles. The summed E-state index contributed by atoms with van der Waals surface area (Å²) in [5, 5.41) is 2.89. The summed E-state index contributed by atoms with van der Waals surface area (Å²) >= 11 is 0. The lowest BCUT2D eigenvalue weighted by Crippen LogP contribution is -2.48. The predicted octanol–water partition coefficient (Wildman–Crippen LogP) is -0.0484. The van der Waals surface area contributed by atoms with Crippen LogP contribution in [0.4, 0.5) is 0 Å². The van der Waals surface area contributed by atoms with Crippen LogP contribution in [0.3, 0.4) is 0 Å². The van der Waals surface area contributed by atoms with Crippen molar-refractivity contribution in [3.63, 3.8) is 0 Å². The lowest BCUT2D eigenvalue weighted by atomic mass is 10.1. The van der Waals surface area contributed by atoms with Crippen molar-refractivity contribution in [1.82, 2.24) is 9.62 Å². The number of carbonyl (C=O) groups excluding carboxylic acids is 1. The minimum Gasteiger partial charge on any atom is -0.369 e. The maximum atomic E-state index is 11.7. The quantitative estimate of drug-likeness (QED) is 0.765. The second-order valence-corrected chi connectivity index (χ2v) is 6.52. The van der Waals surface area contributed by atoms with E-state index in [1.165, 1.54) is 10.6 Å². The van der Waals surface area contributed by atoms with Crippen molar-refractivity contribution in [3.8, 4) is 0 Å². The van der Waals surface area contributed by atoms with Gasteiger partial charge in [-0.1, -0.05) is 0 Å². The first kappa shape index (κ1) is 15.4. The zero-order valence-electron chi connectivity index (χ0n) is 11.2. The molecule has 0 saturated carbocycles. The molecule has 7 heteroatoms. The van der Waals surface area contributed by atoms with Gasteiger partial charge in [-0.2, -0.15) is 0 Å². The van der Waals surface area contributed by atoms with Crippen LogP contribution in [0, 0.1) is 0 Å². The van der Waals surface area contributed by atoms with Crippen LogP contribution in [-0.4, -0.2) is 56.7 Å². The number of nitrogens with zero attached hydrogens (tertiary/aromatic N) is 1. The molecule has 1 N–H and O–H groups in total.